The van der Waals surface area contributed by atoms with E-state index in [1.807, 2.05) is 6.92 Å². The van der Waals surface area contributed by atoms with Crippen molar-refractivity contribution in [2.45, 2.75) is 31.6 Å². The van der Waals surface area contributed by atoms with Crippen LogP contribution in [0.3, 0.4) is 0 Å². The first-order valence-electron chi connectivity index (χ1n) is 5.65. The zero-order valence-electron chi connectivity index (χ0n) is 9.92. The first kappa shape index (κ1) is 11.9. The van der Waals surface area contributed by atoms with Gasteiger partial charge in [-0.3, -0.25) is 4.79 Å². The normalized spacial score (nSPS) is 16.6. The highest BCUT2D eigenvalue weighted by Gasteiger charge is 2.52. The standard InChI is InChI=1S/C13H15FO3/c1-3-9-10(14)6-8(7-11(9)17-2)13(4-5-13)12(15)16/h6-7H,3-5H2,1-2H3,(H,15,16). The molecule has 1 N–H and O–H groups in total. The molecular weight excluding hydrogens is 223 g/mol. The molecule has 0 saturated heterocycles. The van der Waals surface area contributed by atoms with Crippen LogP contribution in [0.1, 0.15) is 30.9 Å². The maximum absolute atomic E-state index is 13.8. The van der Waals surface area contributed by atoms with Gasteiger partial charge in [0.15, 0.2) is 0 Å². The summed E-state index contributed by atoms with van der Waals surface area (Å²) in [6.07, 6.45) is 1.65. The van der Waals surface area contributed by atoms with Crippen LogP contribution in [0.2, 0.25) is 0 Å². The molecule has 1 aromatic rings. The van der Waals surface area contributed by atoms with Gasteiger partial charge in [0.1, 0.15) is 11.6 Å². The second-order valence-corrected chi connectivity index (χ2v) is 4.38. The zero-order chi connectivity index (χ0) is 12.6. The summed E-state index contributed by atoms with van der Waals surface area (Å²) in [6.45, 7) is 1.84. The van der Waals surface area contributed by atoms with Crippen molar-refractivity contribution in [2.24, 2.45) is 0 Å². The first-order chi connectivity index (χ1) is 8.05. The highest BCUT2D eigenvalue weighted by Crippen LogP contribution is 2.49. The van der Waals surface area contributed by atoms with Crippen molar-refractivity contribution in [3.8, 4) is 5.75 Å². The SMILES string of the molecule is CCc1c(F)cc(C2(C(=O)O)CC2)cc1OC. The monoisotopic (exact) mass is 238 g/mol. The molecule has 1 aromatic carbocycles. The molecule has 0 heterocycles. The Morgan fingerprint density at radius 1 is 1.53 bits per heavy atom. The van der Waals surface area contributed by atoms with E-state index in [9.17, 15) is 14.3 Å². The van der Waals surface area contributed by atoms with Gasteiger partial charge in [-0.15, -0.1) is 0 Å². The molecule has 92 valence electrons. The minimum absolute atomic E-state index is 0.380. The molecule has 0 bridgehead atoms. The average Bonchev–Trinajstić information content (AvgIpc) is 3.08. The summed E-state index contributed by atoms with van der Waals surface area (Å²) in [4.78, 5) is 11.2. The van der Waals surface area contributed by atoms with Crippen LogP contribution >= 0.6 is 0 Å². The van der Waals surface area contributed by atoms with Crippen LogP contribution in [0.4, 0.5) is 4.39 Å². The number of ether oxygens (including phenoxy) is 1. The molecule has 0 radical (unpaired) electrons. The summed E-state index contributed by atoms with van der Waals surface area (Å²) >= 11 is 0. The molecule has 0 aromatic heterocycles. The molecule has 1 aliphatic rings. The third-order valence-corrected chi connectivity index (χ3v) is 3.44. The molecule has 4 heteroatoms. The van der Waals surface area contributed by atoms with Crippen molar-refractivity contribution in [1.82, 2.24) is 0 Å². The van der Waals surface area contributed by atoms with Gasteiger partial charge in [0, 0.05) is 5.56 Å². The summed E-state index contributed by atoms with van der Waals surface area (Å²) in [7, 11) is 1.47. The topological polar surface area (TPSA) is 46.5 Å². The maximum atomic E-state index is 13.8. The minimum Gasteiger partial charge on any atom is -0.496 e. The number of methoxy groups -OCH3 is 1. The van der Waals surface area contributed by atoms with Crippen molar-refractivity contribution < 1.29 is 19.0 Å². The molecule has 1 saturated carbocycles. The summed E-state index contributed by atoms with van der Waals surface area (Å²) < 4.78 is 19.0. The predicted octanol–water partition coefficient (Wildman–Crippen LogP) is 2.51. The molecule has 0 unspecified atom stereocenters. The maximum Gasteiger partial charge on any atom is 0.314 e. The van der Waals surface area contributed by atoms with Gasteiger partial charge in [0.05, 0.1) is 12.5 Å². The van der Waals surface area contributed by atoms with E-state index in [1.165, 1.54) is 13.2 Å². The Labute approximate surface area is 99.2 Å². The Kier molecular flexibility index (Phi) is 2.81. The number of hydrogen-bond acceptors (Lipinski definition) is 2. The van der Waals surface area contributed by atoms with Gasteiger partial charge in [-0.05, 0) is 37.0 Å². The van der Waals surface area contributed by atoms with Crippen molar-refractivity contribution in [3.05, 3.63) is 29.1 Å². The Bertz CT molecular complexity index is 464. The Morgan fingerprint density at radius 2 is 2.18 bits per heavy atom. The van der Waals surface area contributed by atoms with E-state index in [1.54, 1.807) is 6.07 Å². The fourth-order valence-electron chi connectivity index (χ4n) is 2.16. The molecule has 17 heavy (non-hydrogen) atoms. The number of carboxylic acids is 1. The van der Waals surface area contributed by atoms with E-state index in [0.717, 1.165) is 0 Å². The van der Waals surface area contributed by atoms with Crippen molar-refractivity contribution in [3.63, 3.8) is 0 Å². The van der Waals surface area contributed by atoms with E-state index in [0.29, 0.717) is 36.1 Å². The van der Waals surface area contributed by atoms with E-state index >= 15 is 0 Å². The number of hydrogen-bond donors (Lipinski definition) is 1. The van der Waals surface area contributed by atoms with Crippen LogP contribution in [0.25, 0.3) is 0 Å². The summed E-state index contributed by atoms with van der Waals surface area (Å²) in [5.74, 6) is -0.826. The third-order valence-electron chi connectivity index (χ3n) is 3.44. The second kappa shape index (κ2) is 4.02. The molecule has 3 nitrogen and oxygen atoms in total. The largest absolute Gasteiger partial charge is 0.496 e. The van der Waals surface area contributed by atoms with Gasteiger partial charge in [0.25, 0.3) is 0 Å². The molecule has 2 rings (SSSR count). The minimum atomic E-state index is -0.889. The number of carboxylic acid groups (broad SMARTS) is 1. The van der Waals surface area contributed by atoms with Crippen molar-refractivity contribution in [2.75, 3.05) is 7.11 Å². The predicted molar refractivity (Wildman–Crippen MR) is 60.9 cm³/mol. The van der Waals surface area contributed by atoms with Crippen LogP contribution in [0.15, 0.2) is 12.1 Å². The van der Waals surface area contributed by atoms with Crippen molar-refractivity contribution in [1.29, 1.82) is 0 Å². The lowest BCUT2D eigenvalue weighted by Gasteiger charge is -2.15. The Hall–Kier alpha value is -1.58. The Morgan fingerprint density at radius 3 is 2.59 bits per heavy atom. The Balaban J connectivity index is 2.51. The van der Waals surface area contributed by atoms with Gasteiger partial charge in [-0.25, -0.2) is 4.39 Å². The molecule has 1 fully saturated rings. The van der Waals surface area contributed by atoms with Gasteiger partial charge in [-0.2, -0.15) is 0 Å². The lowest BCUT2D eigenvalue weighted by Crippen LogP contribution is -2.20. The molecule has 0 aliphatic heterocycles. The lowest BCUT2D eigenvalue weighted by molar-refractivity contribution is -0.140. The van der Waals surface area contributed by atoms with Gasteiger partial charge < -0.3 is 9.84 Å². The van der Waals surface area contributed by atoms with E-state index in [2.05, 4.69) is 0 Å². The number of benzene rings is 1. The van der Waals surface area contributed by atoms with Crippen LogP contribution in [0.5, 0.6) is 5.75 Å². The van der Waals surface area contributed by atoms with E-state index in [-0.39, 0.29) is 5.82 Å². The number of halogens is 1. The van der Waals surface area contributed by atoms with Gasteiger partial charge in [0.2, 0.25) is 0 Å². The fraction of sp³-hybridized carbons (Fsp3) is 0.462. The molecular formula is C13H15FO3. The van der Waals surface area contributed by atoms with Crippen molar-refractivity contribution >= 4 is 5.97 Å². The van der Waals surface area contributed by atoms with Gasteiger partial charge >= 0.3 is 5.97 Å². The summed E-state index contributed by atoms with van der Waals surface area (Å²) in [6, 6.07) is 2.99. The van der Waals surface area contributed by atoms with Crippen LogP contribution in [-0.2, 0) is 16.6 Å². The quantitative estimate of drug-likeness (QED) is 0.876. The number of aliphatic carboxylic acids is 1. The smallest absolute Gasteiger partial charge is 0.314 e. The highest BCUT2D eigenvalue weighted by atomic mass is 19.1. The van der Waals surface area contributed by atoms with E-state index in [4.69, 9.17) is 4.74 Å². The molecule has 1 aliphatic carbocycles. The highest BCUT2D eigenvalue weighted by molar-refractivity contribution is 5.85. The molecule has 0 atom stereocenters. The number of rotatable bonds is 4. The van der Waals surface area contributed by atoms with Crippen LogP contribution in [0, 0.1) is 5.82 Å². The molecule has 0 spiro atoms. The lowest BCUT2D eigenvalue weighted by atomic mass is 9.94. The molecule has 0 amide bonds. The fourth-order valence-corrected chi connectivity index (χ4v) is 2.16. The summed E-state index contributed by atoms with van der Waals surface area (Å²) in [5.41, 5.74) is 0.120. The zero-order valence-corrected chi connectivity index (χ0v) is 9.92. The van der Waals surface area contributed by atoms with E-state index < -0.39 is 11.4 Å². The average molecular weight is 238 g/mol. The summed E-state index contributed by atoms with van der Waals surface area (Å²) in [5, 5.41) is 9.17. The first-order valence-corrected chi connectivity index (χ1v) is 5.65. The van der Waals surface area contributed by atoms with Crippen LogP contribution < -0.4 is 4.74 Å². The third kappa shape index (κ3) is 1.77. The number of carbonyl (C=O) groups is 1. The van der Waals surface area contributed by atoms with Crippen LogP contribution in [-0.4, -0.2) is 18.2 Å². The van der Waals surface area contributed by atoms with Gasteiger partial charge in [-0.1, -0.05) is 6.92 Å². The second-order valence-electron chi connectivity index (χ2n) is 4.38.